The zero-order valence-electron chi connectivity index (χ0n) is 17.9. The first kappa shape index (κ1) is 21.8. The van der Waals surface area contributed by atoms with Crippen molar-refractivity contribution in [2.45, 2.75) is 45.1 Å². The Morgan fingerprint density at radius 1 is 1.13 bits per heavy atom. The Labute approximate surface area is 188 Å². The van der Waals surface area contributed by atoms with Crippen molar-refractivity contribution in [2.75, 3.05) is 19.8 Å². The molecule has 0 unspecified atom stereocenters. The van der Waals surface area contributed by atoms with Crippen LogP contribution in [-0.4, -0.2) is 37.5 Å². The van der Waals surface area contributed by atoms with Gasteiger partial charge in [-0.2, -0.15) is 0 Å². The van der Waals surface area contributed by atoms with Crippen LogP contribution >= 0.6 is 11.6 Å². The van der Waals surface area contributed by atoms with E-state index < -0.39 is 5.41 Å². The molecule has 1 fully saturated rings. The predicted molar refractivity (Wildman–Crippen MR) is 122 cm³/mol. The van der Waals surface area contributed by atoms with Crippen LogP contribution in [0.3, 0.4) is 0 Å². The van der Waals surface area contributed by atoms with E-state index in [4.69, 9.17) is 21.2 Å². The minimum atomic E-state index is -0.471. The molecule has 1 amide bonds. The molecule has 0 bridgehead atoms. The van der Waals surface area contributed by atoms with Gasteiger partial charge < -0.3 is 14.9 Å². The fourth-order valence-electron chi connectivity index (χ4n) is 4.34. The SMILES string of the molecule is Cc1ccc(C2=NO[C@@H](CC3(C(=O)NCCc4ccc(Cl)cc4)CCOCC3)C2)cc1. The molecule has 0 saturated carbocycles. The van der Waals surface area contributed by atoms with E-state index in [1.54, 1.807) is 0 Å². The average molecular weight is 441 g/mol. The molecule has 1 atom stereocenters. The maximum Gasteiger partial charge on any atom is 0.226 e. The summed E-state index contributed by atoms with van der Waals surface area (Å²) in [6.45, 7) is 3.87. The monoisotopic (exact) mass is 440 g/mol. The van der Waals surface area contributed by atoms with Crippen molar-refractivity contribution in [1.29, 1.82) is 0 Å². The summed E-state index contributed by atoms with van der Waals surface area (Å²) >= 11 is 5.95. The predicted octanol–water partition coefficient (Wildman–Crippen LogP) is 4.69. The Hall–Kier alpha value is -2.37. The number of carbonyl (C=O) groups excluding carboxylic acids is 1. The number of benzene rings is 2. The standard InChI is InChI=1S/C25H29ClN2O3/c1-18-2-6-20(7-3-18)23-16-22(31-28-23)17-25(11-14-30-15-12-25)24(29)27-13-10-19-4-8-21(26)9-5-19/h2-9,22H,10-17H2,1H3,(H,27,29)/t22-/m1/s1. The molecule has 164 valence electrons. The van der Waals surface area contributed by atoms with E-state index >= 15 is 0 Å². The van der Waals surface area contributed by atoms with Gasteiger partial charge in [-0.3, -0.25) is 4.79 Å². The summed E-state index contributed by atoms with van der Waals surface area (Å²) in [5.41, 5.74) is 3.94. The van der Waals surface area contributed by atoms with Crippen LogP contribution in [0.2, 0.25) is 5.02 Å². The molecule has 0 aliphatic carbocycles. The van der Waals surface area contributed by atoms with Crippen LogP contribution in [-0.2, 0) is 20.8 Å². The number of rotatable bonds is 7. The van der Waals surface area contributed by atoms with Gasteiger partial charge in [-0.15, -0.1) is 0 Å². The average Bonchev–Trinajstić information content (AvgIpc) is 3.24. The third-order valence-electron chi connectivity index (χ3n) is 6.28. The fraction of sp³-hybridized carbons (Fsp3) is 0.440. The third kappa shape index (κ3) is 5.46. The first-order valence-electron chi connectivity index (χ1n) is 10.9. The summed E-state index contributed by atoms with van der Waals surface area (Å²) in [6, 6.07) is 16.1. The number of halogens is 1. The second-order valence-corrected chi connectivity index (χ2v) is 9.00. The van der Waals surface area contributed by atoms with E-state index in [9.17, 15) is 4.79 Å². The number of nitrogens with one attached hydrogen (secondary N) is 1. The number of nitrogens with zero attached hydrogens (tertiary/aromatic N) is 1. The molecular formula is C25H29ClN2O3. The quantitative estimate of drug-likeness (QED) is 0.679. The molecule has 6 heteroatoms. The maximum absolute atomic E-state index is 13.3. The van der Waals surface area contributed by atoms with Crippen LogP contribution in [0.15, 0.2) is 53.7 Å². The Balaban J connectivity index is 1.35. The third-order valence-corrected chi connectivity index (χ3v) is 6.53. The minimum Gasteiger partial charge on any atom is -0.392 e. The van der Waals surface area contributed by atoms with E-state index in [2.05, 4.69) is 41.7 Å². The summed E-state index contributed by atoms with van der Waals surface area (Å²) in [5.74, 6) is 0.0946. The summed E-state index contributed by atoms with van der Waals surface area (Å²) < 4.78 is 5.56. The van der Waals surface area contributed by atoms with Gasteiger partial charge in [-0.1, -0.05) is 58.7 Å². The molecule has 2 aromatic carbocycles. The highest BCUT2D eigenvalue weighted by atomic mass is 35.5. The molecule has 2 aliphatic heterocycles. The molecule has 1 saturated heterocycles. The van der Waals surface area contributed by atoms with Gasteiger partial charge >= 0.3 is 0 Å². The maximum atomic E-state index is 13.3. The molecule has 2 aliphatic rings. The van der Waals surface area contributed by atoms with Crippen molar-refractivity contribution in [3.63, 3.8) is 0 Å². The van der Waals surface area contributed by atoms with Crippen molar-refractivity contribution in [3.8, 4) is 0 Å². The van der Waals surface area contributed by atoms with Crippen LogP contribution in [0, 0.1) is 12.3 Å². The highest BCUT2D eigenvalue weighted by molar-refractivity contribution is 6.30. The fourth-order valence-corrected chi connectivity index (χ4v) is 4.46. The number of hydrogen-bond donors (Lipinski definition) is 1. The number of ether oxygens (including phenoxy) is 1. The van der Waals surface area contributed by atoms with Gasteiger partial charge in [0.1, 0.15) is 6.10 Å². The molecule has 5 nitrogen and oxygen atoms in total. The highest BCUT2D eigenvalue weighted by Crippen LogP contribution is 2.38. The second kappa shape index (κ2) is 9.84. The van der Waals surface area contributed by atoms with Gasteiger partial charge in [0.15, 0.2) is 0 Å². The van der Waals surface area contributed by atoms with Gasteiger partial charge in [-0.25, -0.2) is 0 Å². The number of hydrogen-bond acceptors (Lipinski definition) is 4. The first-order valence-corrected chi connectivity index (χ1v) is 11.3. The van der Waals surface area contributed by atoms with Crippen molar-refractivity contribution in [3.05, 3.63) is 70.2 Å². The minimum absolute atomic E-state index is 0.0866. The molecular weight excluding hydrogens is 412 g/mol. The molecule has 1 N–H and O–H groups in total. The Bertz CT molecular complexity index is 919. The van der Waals surface area contributed by atoms with Crippen LogP contribution in [0.4, 0.5) is 0 Å². The molecule has 31 heavy (non-hydrogen) atoms. The summed E-state index contributed by atoms with van der Waals surface area (Å²) in [7, 11) is 0. The lowest BCUT2D eigenvalue weighted by molar-refractivity contribution is -0.140. The number of carbonyl (C=O) groups is 1. The van der Waals surface area contributed by atoms with Crippen molar-refractivity contribution in [2.24, 2.45) is 10.6 Å². The van der Waals surface area contributed by atoms with Crippen molar-refractivity contribution in [1.82, 2.24) is 5.32 Å². The zero-order valence-corrected chi connectivity index (χ0v) is 18.7. The van der Waals surface area contributed by atoms with Crippen LogP contribution in [0.25, 0.3) is 0 Å². The lowest BCUT2D eigenvalue weighted by Gasteiger charge is -2.37. The lowest BCUT2D eigenvalue weighted by atomic mass is 9.74. The van der Waals surface area contributed by atoms with E-state index in [-0.39, 0.29) is 12.0 Å². The summed E-state index contributed by atoms with van der Waals surface area (Å²) in [5, 5.41) is 8.20. The van der Waals surface area contributed by atoms with Gasteiger partial charge in [0.05, 0.1) is 11.1 Å². The molecule has 0 radical (unpaired) electrons. The van der Waals surface area contributed by atoms with Crippen LogP contribution in [0.5, 0.6) is 0 Å². The summed E-state index contributed by atoms with van der Waals surface area (Å²) in [4.78, 5) is 19.0. The molecule has 2 heterocycles. The smallest absolute Gasteiger partial charge is 0.226 e. The van der Waals surface area contributed by atoms with E-state index in [1.807, 2.05) is 24.3 Å². The zero-order chi connectivity index (χ0) is 21.7. The Morgan fingerprint density at radius 3 is 2.55 bits per heavy atom. The summed E-state index contributed by atoms with van der Waals surface area (Å²) in [6.07, 6.45) is 3.48. The molecule has 0 spiro atoms. The molecule has 0 aromatic heterocycles. The highest BCUT2D eigenvalue weighted by Gasteiger charge is 2.43. The van der Waals surface area contributed by atoms with Crippen molar-refractivity contribution >= 4 is 23.2 Å². The van der Waals surface area contributed by atoms with Crippen LogP contribution < -0.4 is 5.32 Å². The van der Waals surface area contributed by atoms with Crippen LogP contribution in [0.1, 0.15) is 42.4 Å². The largest absolute Gasteiger partial charge is 0.392 e. The Morgan fingerprint density at radius 2 is 1.84 bits per heavy atom. The number of amides is 1. The second-order valence-electron chi connectivity index (χ2n) is 8.56. The van der Waals surface area contributed by atoms with Gasteiger partial charge in [0.2, 0.25) is 5.91 Å². The van der Waals surface area contributed by atoms with E-state index in [0.717, 1.165) is 34.7 Å². The van der Waals surface area contributed by atoms with Gasteiger partial charge in [0, 0.05) is 37.6 Å². The normalized spacial score (nSPS) is 20.1. The van der Waals surface area contributed by atoms with Gasteiger partial charge in [0.25, 0.3) is 0 Å². The van der Waals surface area contributed by atoms with Gasteiger partial charge in [-0.05, 0) is 49.4 Å². The topological polar surface area (TPSA) is 59.9 Å². The van der Waals surface area contributed by atoms with Crippen molar-refractivity contribution < 1.29 is 14.4 Å². The van der Waals surface area contributed by atoms with E-state index in [1.165, 1.54) is 5.56 Å². The number of aryl methyl sites for hydroxylation is 1. The molecule has 2 aromatic rings. The Kier molecular flexibility index (Phi) is 6.93. The van der Waals surface area contributed by atoms with E-state index in [0.29, 0.717) is 39.0 Å². The molecule has 4 rings (SSSR count). The lowest BCUT2D eigenvalue weighted by Crippen LogP contribution is -2.47. The first-order chi connectivity index (χ1) is 15.0. The number of oxime groups is 1.